The molecule has 0 bridgehead atoms. The molecule has 2 heterocycles. The normalized spacial score (nSPS) is 12.0. The maximum Gasteiger partial charge on any atom is 0.272 e. The number of ether oxygens (including phenoxy) is 1. The van der Waals surface area contributed by atoms with Gasteiger partial charge in [-0.1, -0.05) is 18.2 Å². The summed E-state index contributed by atoms with van der Waals surface area (Å²) in [5.41, 5.74) is 2.54. The highest BCUT2D eigenvalue weighted by atomic mass is 19.1. The number of amides is 1. The van der Waals surface area contributed by atoms with Gasteiger partial charge < -0.3 is 14.5 Å². The maximum atomic E-state index is 13.3. The topological polar surface area (TPSA) is 68.0 Å². The zero-order chi connectivity index (χ0) is 21.4. The third-order valence-corrected chi connectivity index (χ3v) is 4.22. The summed E-state index contributed by atoms with van der Waals surface area (Å²) in [7, 11) is 1.49. The van der Waals surface area contributed by atoms with Crippen molar-refractivity contribution in [2.75, 3.05) is 7.11 Å². The number of benzene rings is 1. The van der Waals surface area contributed by atoms with Gasteiger partial charge in [-0.2, -0.15) is 0 Å². The largest absolute Gasteiger partial charge is 0.483 e. The third kappa shape index (κ3) is 5.20. The van der Waals surface area contributed by atoms with E-state index >= 15 is 0 Å². The summed E-state index contributed by atoms with van der Waals surface area (Å²) in [6.07, 6.45) is 9.86. The summed E-state index contributed by atoms with van der Waals surface area (Å²) in [5.74, 6) is -0.265. The van der Waals surface area contributed by atoms with Crippen LogP contribution in [0.1, 0.15) is 28.7 Å². The molecule has 0 saturated carbocycles. The molecule has 3 rings (SSSR count). The fourth-order valence-electron chi connectivity index (χ4n) is 2.84. The minimum Gasteiger partial charge on any atom is -0.483 e. The van der Waals surface area contributed by atoms with Gasteiger partial charge in [-0.25, -0.2) is 14.4 Å². The van der Waals surface area contributed by atoms with Crippen LogP contribution in [-0.4, -0.2) is 34.3 Å². The minimum atomic E-state index is -0.458. The first-order valence-electron chi connectivity index (χ1n) is 8.90. The Hall–Kier alpha value is -3.66. The van der Waals surface area contributed by atoms with Gasteiger partial charge in [0.2, 0.25) is 5.90 Å². The number of imidazole rings is 1. The zero-order valence-electron chi connectivity index (χ0n) is 16.6. The summed E-state index contributed by atoms with van der Waals surface area (Å²) in [4.78, 5) is 21.4. The highest BCUT2D eigenvalue weighted by Crippen LogP contribution is 2.12. The number of nitrogens with one attached hydrogen (secondary N) is 1. The predicted octanol–water partition coefficient (Wildman–Crippen LogP) is 3.39. The Morgan fingerprint density at radius 2 is 2.07 bits per heavy atom. The molecule has 1 unspecified atom stereocenters. The molecule has 1 N–H and O–H groups in total. The number of hydrogen-bond acceptors (Lipinski definition) is 4. The van der Waals surface area contributed by atoms with Gasteiger partial charge in [0.05, 0.1) is 19.3 Å². The summed E-state index contributed by atoms with van der Waals surface area (Å²) in [6.45, 7) is 3.88. The summed E-state index contributed by atoms with van der Waals surface area (Å²) < 4.78 is 20.4. The second-order valence-electron chi connectivity index (χ2n) is 6.16. The molecule has 150 valence electrons. The number of aliphatic imine (C=N–C) groups is 1. The van der Waals surface area contributed by atoms with Crippen molar-refractivity contribution in [3.8, 4) is 12.8 Å². The molecule has 1 amide bonds. The van der Waals surface area contributed by atoms with Crippen LogP contribution < -0.4 is 5.32 Å². The first-order valence-corrected chi connectivity index (χ1v) is 8.90. The molecule has 6 nitrogen and oxygen atoms in total. The predicted molar refractivity (Wildman–Crippen MR) is 111 cm³/mol. The van der Waals surface area contributed by atoms with Crippen LogP contribution in [0.5, 0.6) is 0 Å². The number of halogens is 1. The van der Waals surface area contributed by atoms with E-state index in [1.807, 2.05) is 35.7 Å². The molecule has 0 aliphatic heterocycles. The van der Waals surface area contributed by atoms with Crippen molar-refractivity contribution in [1.82, 2.24) is 14.7 Å². The van der Waals surface area contributed by atoms with Crippen LogP contribution in [0.4, 0.5) is 4.39 Å². The van der Waals surface area contributed by atoms with Crippen molar-refractivity contribution in [3.63, 3.8) is 0 Å². The molecule has 1 aromatic carbocycles. The highest BCUT2D eigenvalue weighted by Gasteiger charge is 2.20. The Labute approximate surface area is 169 Å². The third-order valence-electron chi connectivity index (χ3n) is 4.22. The molecule has 0 aliphatic rings. The molecule has 0 fully saturated rings. The lowest BCUT2D eigenvalue weighted by molar-refractivity contribution is 0.0940. The monoisotopic (exact) mass is 394 g/mol. The van der Waals surface area contributed by atoms with Crippen LogP contribution in [0.15, 0.2) is 53.7 Å². The molecule has 0 saturated heterocycles. The summed E-state index contributed by atoms with van der Waals surface area (Å²) in [5, 5.41) is 2.85. The first-order chi connectivity index (χ1) is 14.0. The van der Waals surface area contributed by atoms with E-state index < -0.39 is 6.04 Å². The highest BCUT2D eigenvalue weighted by molar-refractivity contribution is 5.97. The van der Waals surface area contributed by atoms with Gasteiger partial charge in [0.25, 0.3) is 5.91 Å². The quantitative estimate of drug-likeness (QED) is 0.410. The van der Waals surface area contributed by atoms with E-state index in [1.165, 1.54) is 19.2 Å². The summed E-state index contributed by atoms with van der Waals surface area (Å²) >= 11 is 0. The van der Waals surface area contributed by atoms with Crippen LogP contribution in [0, 0.1) is 25.6 Å². The lowest BCUT2D eigenvalue weighted by Gasteiger charge is -2.15. The van der Waals surface area contributed by atoms with Crippen molar-refractivity contribution < 1.29 is 13.9 Å². The number of methoxy groups -OCH3 is 1. The van der Waals surface area contributed by atoms with Crippen LogP contribution in [0.25, 0.3) is 5.65 Å². The molecule has 0 aliphatic carbocycles. The van der Waals surface area contributed by atoms with Crippen molar-refractivity contribution in [3.05, 3.63) is 71.4 Å². The van der Waals surface area contributed by atoms with Gasteiger partial charge in [0, 0.05) is 6.20 Å². The second-order valence-corrected chi connectivity index (χ2v) is 6.16. The van der Waals surface area contributed by atoms with E-state index in [-0.39, 0.29) is 18.3 Å². The average molecular weight is 394 g/mol. The van der Waals surface area contributed by atoms with Gasteiger partial charge in [-0.3, -0.25) is 4.79 Å². The lowest BCUT2D eigenvalue weighted by atomic mass is 10.2. The molecule has 3 aromatic rings. The van der Waals surface area contributed by atoms with E-state index in [0.29, 0.717) is 17.2 Å². The zero-order valence-corrected chi connectivity index (χ0v) is 16.6. The molecule has 1 atom stereocenters. The van der Waals surface area contributed by atoms with E-state index in [0.717, 1.165) is 11.3 Å². The number of nitrogens with zero attached hydrogens (tertiary/aromatic N) is 3. The molecule has 2 aromatic heterocycles. The van der Waals surface area contributed by atoms with Crippen LogP contribution in [0.2, 0.25) is 0 Å². The van der Waals surface area contributed by atoms with Gasteiger partial charge in [-0.15, -0.1) is 12.8 Å². The Bertz CT molecular complexity index is 1040. The van der Waals surface area contributed by atoms with E-state index in [9.17, 15) is 9.18 Å². The molecule has 0 spiro atoms. The molecular formula is C22H23FN4O2. The number of carbonyl (C=O) groups excluding carboxylic acids is 1. The number of aromatic nitrogens is 2. The van der Waals surface area contributed by atoms with Crippen LogP contribution in [-0.2, 0) is 11.3 Å². The number of hydrogen-bond donors (Lipinski definition) is 1. The standard InChI is InChI=1S/C20H21FN4O2.C2H2/c1-13(20(27-3)22-12-15-7-6-8-16(21)11-15)23-19(26)18-14(2)25-10-5-4-9-17(25)24-18;1-2/h4-11,13H,12H2,1-3H3,(H,23,26);1-2H. The van der Waals surface area contributed by atoms with Gasteiger partial charge in [0.1, 0.15) is 23.2 Å². The van der Waals surface area contributed by atoms with Crippen molar-refractivity contribution in [2.45, 2.75) is 26.4 Å². The average Bonchev–Trinajstić information content (AvgIpc) is 3.07. The minimum absolute atomic E-state index is 0.258. The Morgan fingerprint density at radius 1 is 1.31 bits per heavy atom. The fraction of sp³-hybridized carbons (Fsp3) is 0.227. The number of rotatable bonds is 5. The number of terminal acetylenes is 1. The lowest BCUT2D eigenvalue weighted by Crippen LogP contribution is -2.39. The molecule has 29 heavy (non-hydrogen) atoms. The second kappa shape index (κ2) is 10.0. The molecular weight excluding hydrogens is 371 g/mol. The molecule has 7 heteroatoms. The first kappa shape index (κ1) is 21.6. The molecule has 0 radical (unpaired) electrons. The van der Waals surface area contributed by atoms with Crippen molar-refractivity contribution in [1.29, 1.82) is 0 Å². The Kier molecular flexibility index (Phi) is 7.49. The maximum absolute atomic E-state index is 13.3. The van der Waals surface area contributed by atoms with Crippen LogP contribution in [0.3, 0.4) is 0 Å². The Balaban J connectivity index is 0.00000145. The van der Waals surface area contributed by atoms with Crippen molar-refractivity contribution >= 4 is 17.5 Å². The number of aryl methyl sites for hydroxylation is 1. The summed E-state index contributed by atoms with van der Waals surface area (Å²) in [6, 6.07) is 11.3. The van der Waals surface area contributed by atoms with E-state index in [4.69, 9.17) is 4.74 Å². The number of pyridine rings is 1. The van der Waals surface area contributed by atoms with Gasteiger partial charge in [-0.05, 0) is 43.7 Å². The van der Waals surface area contributed by atoms with E-state index in [2.05, 4.69) is 28.1 Å². The van der Waals surface area contributed by atoms with E-state index in [1.54, 1.807) is 19.1 Å². The number of fused-ring (bicyclic) bond motifs is 1. The SMILES string of the molecule is C#C.COC(=NCc1cccc(F)c1)C(C)NC(=O)c1nc2ccccn2c1C. The number of carbonyl (C=O) groups is 1. The smallest absolute Gasteiger partial charge is 0.272 e. The van der Waals surface area contributed by atoms with Crippen LogP contribution >= 0.6 is 0 Å². The van der Waals surface area contributed by atoms with Gasteiger partial charge >= 0.3 is 0 Å². The Morgan fingerprint density at radius 3 is 2.72 bits per heavy atom. The fourth-order valence-corrected chi connectivity index (χ4v) is 2.84. The van der Waals surface area contributed by atoms with Gasteiger partial charge in [0.15, 0.2) is 0 Å². The van der Waals surface area contributed by atoms with Crippen molar-refractivity contribution in [2.24, 2.45) is 4.99 Å².